The molecule has 0 aliphatic carbocycles. The average Bonchev–Trinajstić information content (AvgIpc) is 3.05. The lowest BCUT2D eigenvalue weighted by atomic mass is 10.2. The first-order valence-electron chi connectivity index (χ1n) is 7.17. The maximum atomic E-state index is 11.9. The molecule has 0 aromatic carbocycles. The number of rotatable bonds is 3. The molecule has 0 bridgehead atoms. The first kappa shape index (κ1) is 15.1. The van der Waals surface area contributed by atoms with Gasteiger partial charge in [0, 0.05) is 25.5 Å². The van der Waals surface area contributed by atoms with E-state index in [9.17, 15) is 8.42 Å². The van der Waals surface area contributed by atoms with Crippen LogP contribution >= 0.6 is 0 Å². The minimum Gasteiger partial charge on any atom is -0.266 e. The van der Waals surface area contributed by atoms with Gasteiger partial charge in [0.2, 0.25) is 10.0 Å². The van der Waals surface area contributed by atoms with Crippen molar-refractivity contribution in [1.82, 2.24) is 24.1 Å². The maximum absolute atomic E-state index is 11.9. The van der Waals surface area contributed by atoms with Gasteiger partial charge >= 0.3 is 0 Å². The predicted octanol–water partition coefficient (Wildman–Crippen LogP) is 1.28. The van der Waals surface area contributed by atoms with E-state index in [1.54, 1.807) is 10.9 Å². The zero-order valence-corrected chi connectivity index (χ0v) is 13.7. The van der Waals surface area contributed by atoms with Gasteiger partial charge in [-0.1, -0.05) is 0 Å². The van der Waals surface area contributed by atoms with Crippen LogP contribution in [0.15, 0.2) is 18.3 Å². The summed E-state index contributed by atoms with van der Waals surface area (Å²) in [6, 6.07) is 3.50. The molecule has 8 heteroatoms. The van der Waals surface area contributed by atoms with E-state index in [0.717, 1.165) is 29.9 Å². The summed E-state index contributed by atoms with van der Waals surface area (Å²) in [6.07, 6.45) is 4.53. The summed E-state index contributed by atoms with van der Waals surface area (Å²) >= 11 is 0. The van der Waals surface area contributed by atoms with Gasteiger partial charge in [-0.2, -0.15) is 9.40 Å². The van der Waals surface area contributed by atoms with Gasteiger partial charge in [0.1, 0.15) is 5.82 Å². The molecule has 2 aromatic heterocycles. The third-order valence-electron chi connectivity index (χ3n) is 3.88. The SMILES string of the molecule is Cc1cc(-c2ccnn2C)nc([C@@H]2CCCN2S(C)(=O)=O)n1. The van der Waals surface area contributed by atoms with E-state index < -0.39 is 10.0 Å². The summed E-state index contributed by atoms with van der Waals surface area (Å²) in [5.74, 6) is 0.569. The van der Waals surface area contributed by atoms with E-state index in [0.29, 0.717) is 12.4 Å². The molecule has 1 aliphatic heterocycles. The lowest BCUT2D eigenvalue weighted by Gasteiger charge is -2.21. The Hall–Kier alpha value is -1.80. The summed E-state index contributed by atoms with van der Waals surface area (Å²) in [4.78, 5) is 9.08. The van der Waals surface area contributed by atoms with Crippen molar-refractivity contribution in [3.63, 3.8) is 0 Å². The number of hydrogen-bond donors (Lipinski definition) is 0. The van der Waals surface area contributed by atoms with E-state index >= 15 is 0 Å². The maximum Gasteiger partial charge on any atom is 0.211 e. The van der Waals surface area contributed by atoms with Crippen molar-refractivity contribution >= 4 is 10.0 Å². The number of aromatic nitrogens is 4. The summed E-state index contributed by atoms with van der Waals surface area (Å²) < 4.78 is 27.1. The molecule has 0 unspecified atom stereocenters. The monoisotopic (exact) mass is 321 g/mol. The van der Waals surface area contributed by atoms with Crippen LogP contribution in [0.3, 0.4) is 0 Å². The molecule has 1 saturated heterocycles. The molecule has 3 rings (SSSR count). The number of aryl methyl sites for hydroxylation is 2. The second-order valence-corrected chi connectivity index (χ2v) is 7.56. The van der Waals surface area contributed by atoms with E-state index in [2.05, 4.69) is 15.1 Å². The Kier molecular flexibility index (Phi) is 3.73. The molecule has 1 aliphatic rings. The van der Waals surface area contributed by atoms with Gasteiger partial charge < -0.3 is 0 Å². The normalized spacial score (nSPS) is 19.7. The Bertz CT molecular complexity index is 799. The van der Waals surface area contributed by atoms with Gasteiger partial charge in [0.05, 0.1) is 23.7 Å². The highest BCUT2D eigenvalue weighted by Crippen LogP contribution is 2.33. The van der Waals surface area contributed by atoms with Crippen molar-refractivity contribution in [2.24, 2.45) is 7.05 Å². The molecule has 2 aromatic rings. The molecule has 1 fully saturated rings. The van der Waals surface area contributed by atoms with Gasteiger partial charge in [-0.05, 0) is 31.9 Å². The Balaban J connectivity index is 2.05. The van der Waals surface area contributed by atoms with Gasteiger partial charge in [0.25, 0.3) is 0 Å². The Labute approximate surface area is 130 Å². The van der Waals surface area contributed by atoms with Gasteiger partial charge in [-0.25, -0.2) is 18.4 Å². The molecule has 0 N–H and O–H groups in total. The molecular formula is C14H19N5O2S. The van der Waals surface area contributed by atoms with E-state index in [4.69, 9.17) is 0 Å². The standard InChI is InChI=1S/C14H19N5O2S/c1-10-9-11(12-6-7-15-18(12)2)17-14(16-10)13-5-4-8-19(13)22(3,20)21/h6-7,9,13H,4-5,8H2,1-3H3/t13-/m0/s1. The van der Waals surface area contributed by atoms with Crippen LogP contribution in [0.1, 0.15) is 30.4 Å². The average molecular weight is 321 g/mol. The molecule has 22 heavy (non-hydrogen) atoms. The predicted molar refractivity (Wildman–Crippen MR) is 82.5 cm³/mol. The molecule has 0 saturated carbocycles. The largest absolute Gasteiger partial charge is 0.266 e. The van der Waals surface area contributed by atoms with Gasteiger partial charge in [-0.3, -0.25) is 4.68 Å². The van der Waals surface area contributed by atoms with Crippen LogP contribution < -0.4 is 0 Å². The van der Waals surface area contributed by atoms with Crippen LogP contribution in [0.4, 0.5) is 0 Å². The fourth-order valence-electron chi connectivity index (χ4n) is 2.89. The van der Waals surface area contributed by atoms with Crippen molar-refractivity contribution in [2.75, 3.05) is 12.8 Å². The molecule has 7 nitrogen and oxygen atoms in total. The topological polar surface area (TPSA) is 81.0 Å². The van der Waals surface area contributed by atoms with Crippen molar-refractivity contribution < 1.29 is 8.42 Å². The third-order valence-corrected chi connectivity index (χ3v) is 5.17. The van der Waals surface area contributed by atoms with Crippen LogP contribution in [0.25, 0.3) is 11.4 Å². The molecule has 118 valence electrons. The van der Waals surface area contributed by atoms with E-state index in [-0.39, 0.29) is 6.04 Å². The van der Waals surface area contributed by atoms with Crippen LogP contribution in [-0.2, 0) is 17.1 Å². The summed E-state index contributed by atoms with van der Waals surface area (Å²) in [6.45, 7) is 2.42. The second kappa shape index (κ2) is 5.44. The number of hydrogen-bond acceptors (Lipinski definition) is 5. The minimum absolute atomic E-state index is 0.276. The van der Waals surface area contributed by atoms with Gasteiger partial charge in [-0.15, -0.1) is 0 Å². The highest BCUT2D eigenvalue weighted by atomic mass is 32.2. The lowest BCUT2D eigenvalue weighted by Crippen LogP contribution is -2.30. The fraction of sp³-hybridized carbons (Fsp3) is 0.500. The lowest BCUT2D eigenvalue weighted by molar-refractivity contribution is 0.386. The third kappa shape index (κ3) is 2.76. The van der Waals surface area contributed by atoms with Crippen molar-refractivity contribution in [3.05, 3.63) is 29.8 Å². The van der Waals surface area contributed by atoms with Crippen molar-refractivity contribution in [3.8, 4) is 11.4 Å². The molecule has 0 radical (unpaired) electrons. The van der Waals surface area contributed by atoms with Gasteiger partial charge in [0.15, 0.2) is 0 Å². The molecule has 1 atom stereocenters. The molecule has 3 heterocycles. The quantitative estimate of drug-likeness (QED) is 0.850. The Morgan fingerprint density at radius 2 is 2.09 bits per heavy atom. The summed E-state index contributed by atoms with van der Waals surface area (Å²) in [7, 11) is -1.40. The van der Waals surface area contributed by atoms with Crippen LogP contribution in [0, 0.1) is 6.92 Å². The highest BCUT2D eigenvalue weighted by molar-refractivity contribution is 7.88. The molecule has 0 spiro atoms. The summed E-state index contributed by atoms with van der Waals surface area (Å²) in [5, 5.41) is 4.15. The number of nitrogens with zero attached hydrogens (tertiary/aromatic N) is 5. The Morgan fingerprint density at radius 3 is 2.73 bits per heavy atom. The number of sulfonamides is 1. The van der Waals surface area contributed by atoms with Crippen LogP contribution in [0.5, 0.6) is 0 Å². The zero-order valence-electron chi connectivity index (χ0n) is 12.9. The van der Waals surface area contributed by atoms with E-state index in [1.165, 1.54) is 10.6 Å². The van der Waals surface area contributed by atoms with Crippen molar-refractivity contribution in [1.29, 1.82) is 0 Å². The molecular weight excluding hydrogens is 302 g/mol. The Morgan fingerprint density at radius 1 is 1.32 bits per heavy atom. The van der Waals surface area contributed by atoms with Crippen molar-refractivity contribution in [2.45, 2.75) is 25.8 Å². The second-order valence-electron chi connectivity index (χ2n) is 5.62. The van der Waals surface area contributed by atoms with Crippen LogP contribution in [-0.4, -0.2) is 45.3 Å². The highest BCUT2D eigenvalue weighted by Gasteiger charge is 2.34. The van der Waals surface area contributed by atoms with E-state index in [1.807, 2.05) is 26.1 Å². The van der Waals surface area contributed by atoms with Crippen LogP contribution in [0.2, 0.25) is 0 Å². The summed E-state index contributed by atoms with van der Waals surface area (Å²) in [5.41, 5.74) is 2.47. The zero-order chi connectivity index (χ0) is 15.9. The minimum atomic E-state index is -3.25. The first-order chi connectivity index (χ1) is 10.4. The smallest absolute Gasteiger partial charge is 0.211 e. The first-order valence-corrected chi connectivity index (χ1v) is 9.02. The fourth-order valence-corrected chi connectivity index (χ4v) is 4.01. The molecule has 0 amide bonds.